The highest BCUT2D eigenvalue weighted by Crippen LogP contribution is 2.27. The first-order valence-electron chi connectivity index (χ1n) is 11.1. The van der Waals surface area contributed by atoms with Crippen LogP contribution in [0, 0.1) is 0 Å². The van der Waals surface area contributed by atoms with Crippen LogP contribution in [0.2, 0.25) is 0 Å². The molecule has 0 bridgehead atoms. The van der Waals surface area contributed by atoms with Gasteiger partial charge in [0, 0.05) is 32.7 Å². The molecule has 2 saturated heterocycles. The molecule has 174 valence electrons. The molecule has 2 aromatic rings. The van der Waals surface area contributed by atoms with Gasteiger partial charge in [-0.25, -0.2) is 9.69 Å². The first-order chi connectivity index (χ1) is 16.0. The third kappa shape index (κ3) is 5.07. The Hall–Kier alpha value is -3.23. The number of hydrogen-bond donors (Lipinski definition) is 0. The number of esters is 1. The van der Waals surface area contributed by atoms with Gasteiger partial charge >= 0.3 is 5.97 Å². The van der Waals surface area contributed by atoms with Crippen LogP contribution in [0.15, 0.2) is 48.5 Å². The van der Waals surface area contributed by atoms with Gasteiger partial charge in [-0.05, 0) is 48.4 Å². The molecule has 33 heavy (non-hydrogen) atoms. The second-order valence-corrected chi connectivity index (χ2v) is 8.30. The predicted octanol–water partition coefficient (Wildman–Crippen LogP) is 1.97. The fraction of sp³-hybridized carbons (Fsp3) is 0.400. The highest BCUT2D eigenvalue weighted by Gasteiger charge is 2.43. The minimum atomic E-state index is -0.455. The van der Waals surface area contributed by atoms with E-state index in [-0.39, 0.29) is 18.2 Å². The number of benzene rings is 2. The summed E-state index contributed by atoms with van der Waals surface area (Å²) < 4.78 is 9.90. The molecular formula is C25H29N3O5. The van der Waals surface area contributed by atoms with Gasteiger partial charge in [-0.2, -0.15) is 0 Å². The highest BCUT2D eigenvalue weighted by molar-refractivity contribution is 6.22. The molecule has 1 atom stereocenters. The van der Waals surface area contributed by atoms with E-state index >= 15 is 0 Å². The summed E-state index contributed by atoms with van der Waals surface area (Å²) in [6, 6.07) is 14.1. The van der Waals surface area contributed by atoms with Crippen molar-refractivity contribution in [3.8, 4) is 5.75 Å². The summed E-state index contributed by atoms with van der Waals surface area (Å²) in [5, 5.41) is 0. The maximum atomic E-state index is 13.1. The number of carbonyl (C=O) groups is 3. The van der Waals surface area contributed by atoms with E-state index in [0.29, 0.717) is 11.3 Å². The van der Waals surface area contributed by atoms with Crippen molar-refractivity contribution in [2.24, 2.45) is 0 Å². The van der Waals surface area contributed by atoms with E-state index in [2.05, 4.69) is 21.9 Å². The first kappa shape index (κ1) is 22.9. The van der Waals surface area contributed by atoms with Crippen molar-refractivity contribution in [1.29, 1.82) is 0 Å². The molecule has 0 spiro atoms. The number of piperazine rings is 1. The summed E-state index contributed by atoms with van der Waals surface area (Å²) in [5.74, 6) is -0.00443. The van der Waals surface area contributed by atoms with Crippen molar-refractivity contribution in [2.45, 2.75) is 18.9 Å². The van der Waals surface area contributed by atoms with Crippen LogP contribution in [0.1, 0.15) is 22.3 Å². The average Bonchev–Trinajstić information content (AvgIpc) is 3.16. The molecule has 1 unspecified atom stereocenters. The third-order valence-corrected chi connectivity index (χ3v) is 6.39. The Morgan fingerprint density at radius 2 is 1.61 bits per heavy atom. The van der Waals surface area contributed by atoms with Gasteiger partial charge in [-0.15, -0.1) is 0 Å². The number of imide groups is 1. The smallest absolute Gasteiger partial charge is 0.337 e. The number of rotatable bonds is 7. The van der Waals surface area contributed by atoms with Crippen LogP contribution in [-0.2, 0) is 20.7 Å². The molecular weight excluding hydrogens is 422 g/mol. The summed E-state index contributed by atoms with van der Waals surface area (Å²) in [4.78, 5) is 43.1. The van der Waals surface area contributed by atoms with Crippen LogP contribution in [0.4, 0.5) is 5.69 Å². The van der Waals surface area contributed by atoms with Crippen LogP contribution < -0.4 is 9.64 Å². The number of ether oxygens (including phenoxy) is 2. The summed E-state index contributed by atoms with van der Waals surface area (Å²) in [7, 11) is 2.98. The highest BCUT2D eigenvalue weighted by atomic mass is 16.5. The Morgan fingerprint density at radius 3 is 2.21 bits per heavy atom. The van der Waals surface area contributed by atoms with E-state index in [1.54, 1.807) is 31.4 Å². The molecule has 2 heterocycles. The first-order valence-corrected chi connectivity index (χ1v) is 11.1. The molecule has 0 aliphatic carbocycles. The van der Waals surface area contributed by atoms with Crippen LogP contribution in [0.3, 0.4) is 0 Å². The Morgan fingerprint density at radius 1 is 0.939 bits per heavy atom. The predicted molar refractivity (Wildman–Crippen MR) is 123 cm³/mol. The minimum Gasteiger partial charge on any atom is -0.497 e. The fourth-order valence-electron chi connectivity index (χ4n) is 4.41. The number of amides is 2. The van der Waals surface area contributed by atoms with Gasteiger partial charge in [-0.1, -0.05) is 12.1 Å². The number of carbonyl (C=O) groups excluding carboxylic acids is 3. The Bertz CT molecular complexity index is 998. The van der Waals surface area contributed by atoms with Crippen molar-refractivity contribution in [3.63, 3.8) is 0 Å². The summed E-state index contributed by atoms with van der Waals surface area (Å²) in [6.07, 6.45) is 1.14. The Kier molecular flexibility index (Phi) is 7.05. The third-order valence-electron chi connectivity index (χ3n) is 6.39. The maximum Gasteiger partial charge on any atom is 0.337 e. The molecule has 2 aliphatic heterocycles. The van der Waals surface area contributed by atoms with Gasteiger partial charge in [0.15, 0.2) is 0 Å². The van der Waals surface area contributed by atoms with Crippen LogP contribution in [-0.4, -0.2) is 80.6 Å². The SMILES string of the molecule is COC(=O)c1ccc(N2C(=O)CC(N3CCN(CCc4ccc(OC)cc4)CC3)C2=O)cc1. The Balaban J connectivity index is 1.30. The summed E-state index contributed by atoms with van der Waals surface area (Å²) in [6.45, 7) is 4.18. The number of hydrogen-bond acceptors (Lipinski definition) is 7. The topological polar surface area (TPSA) is 79.4 Å². The van der Waals surface area contributed by atoms with Crippen molar-refractivity contribution < 1.29 is 23.9 Å². The van der Waals surface area contributed by atoms with E-state index in [9.17, 15) is 14.4 Å². The van der Waals surface area contributed by atoms with Crippen LogP contribution >= 0.6 is 0 Å². The second kappa shape index (κ2) is 10.1. The van der Waals surface area contributed by atoms with Crippen LogP contribution in [0.25, 0.3) is 0 Å². The summed E-state index contributed by atoms with van der Waals surface area (Å²) >= 11 is 0. The maximum absolute atomic E-state index is 13.1. The molecule has 2 aliphatic rings. The lowest BCUT2D eigenvalue weighted by atomic mass is 10.1. The fourth-order valence-corrected chi connectivity index (χ4v) is 4.41. The van der Waals surface area contributed by atoms with Gasteiger partial charge in [-0.3, -0.25) is 14.5 Å². The van der Waals surface area contributed by atoms with E-state index in [0.717, 1.165) is 44.9 Å². The van der Waals surface area contributed by atoms with Crippen molar-refractivity contribution in [1.82, 2.24) is 9.80 Å². The number of nitrogens with zero attached hydrogens (tertiary/aromatic N) is 3. The van der Waals surface area contributed by atoms with E-state index in [1.165, 1.54) is 17.6 Å². The van der Waals surface area contributed by atoms with E-state index < -0.39 is 12.0 Å². The molecule has 4 rings (SSSR count). The zero-order chi connectivity index (χ0) is 23.4. The van der Waals surface area contributed by atoms with Crippen molar-refractivity contribution >= 4 is 23.5 Å². The lowest BCUT2D eigenvalue weighted by molar-refractivity contribution is -0.123. The lowest BCUT2D eigenvalue weighted by Gasteiger charge is -2.37. The van der Waals surface area contributed by atoms with E-state index in [1.807, 2.05) is 12.1 Å². The quantitative estimate of drug-likeness (QED) is 0.470. The molecule has 2 fully saturated rings. The largest absolute Gasteiger partial charge is 0.497 e. The molecule has 0 radical (unpaired) electrons. The minimum absolute atomic E-state index is 0.184. The second-order valence-electron chi connectivity index (χ2n) is 8.30. The van der Waals surface area contributed by atoms with E-state index in [4.69, 9.17) is 9.47 Å². The summed E-state index contributed by atoms with van der Waals surface area (Å²) in [5.41, 5.74) is 2.13. The van der Waals surface area contributed by atoms with Gasteiger partial charge in [0.1, 0.15) is 5.75 Å². The van der Waals surface area contributed by atoms with Crippen molar-refractivity contribution in [3.05, 3.63) is 59.7 Å². The molecule has 8 nitrogen and oxygen atoms in total. The van der Waals surface area contributed by atoms with Gasteiger partial charge in [0.25, 0.3) is 5.91 Å². The standard InChI is InChI=1S/C25H29N3O5/c1-32-21-9-3-18(4-10-21)11-12-26-13-15-27(16-14-26)22-17-23(29)28(24(22)30)20-7-5-19(6-8-20)25(31)33-2/h3-10,22H,11-17H2,1-2H3. The van der Waals surface area contributed by atoms with Gasteiger partial charge in [0.05, 0.1) is 37.9 Å². The average molecular weight is 452 g/mol. The number of anilines is 1. The molecule has 2 aromatic carbocycles. The molecule has 2 amide bonds. The lowest BCUT2D eigenvalue weighted by Crippen LogP contribution is -2.52. The van der Waals surface area contributed by atoms with Crippen molar-refractivity contribution in [2.75, 3.05) is 51.8 Å². The van der Waals surface area contributed by atoms with Gasteiger partial charge < -0.3 is 14.4 Å². The zero-order valence-corrected chi connectivity index (χ0v) is 19.0. The zero-order valence-electron chi connectivity index (χ0n) is 19.0. The Labute approximate surface area is 193 Å². The molecule has 0 N–H and O–H groups in total. The molecule has 0 aromatic heterocycles. The monoisotopic (exact) mass is 451 g/mol. The normalized spacial score (nSPS) is 19.7. The molecule has 8 heteroatoms. The van der Waals surface area contributed by atoms with Crippen LogP contribution in [0.5, 0.6) is 5.75 Å². The number of methoxy groups -OCH3 is 2. The molecule has 0 saturated carbocycles. The van der Waals surface area contributed by atoms with Gasteiger partial charge in [0.2, 0.25) is 5.91 Å².